The van der Waals surface area contributed by atoms with Gasteiger partial charge in [-0.2, -0.15) is 18.3 Å². The summed E-state index contributed by atoms with van der Waals surface area (Å²) >= 11 is 0. The van der Waals surface area contributed by atoms with Crippen LogP contribution in [0.3, 0.4) is 0 Å². The molecule has 0 saturated heterocycles. The highest BCUT2D eigenvalue weighted by Gasteiger charge is 2.33. The van der Waals surface area contributed by atoms with Crippen LogP contribution in [0.1, 0.15) is 43.9 Å². The van der Waals surface area contributed by atoms with E-state index >= 15 is 0 Å². The summed E-state index contributed by atoms with van der Waals surface area (Å²) in [6.07, 6.45) is -4.58. The van der Waals surface area contributed by atoms with Crippen molar-refractivity contribution in [3.63, 3.8) is 0 Å². The fraction of sp³-hybridized carbons (Fsp3) is 0.556. The molecule has 0 aromatic carbocycles. The first-order chi connectivity index (χ1) is 7.41. The molecule has 1 rings (SSSR count). The van der Waals surface area contributed by atoms with Crippen LogP contribution in [-0.4, -0.2) is 21.3 Å². The van der Waals surface area contributed by atoms with Crippen LogP contribution >= 0.6 is 0 Å². The van der Waals surface area contributed by atoms with Crippen molar-refractivity contribution in [1.82, 2.24) is 10.2 Å². The van der Waals surface area contributed by atoms with Crippen LogP contribution in [0.2, 0.25) is 0 Å². The maximum atomic E-state index is 11.8. The highest BCUT2D eigenvalue weighted by atomic mass is 19.4. The van der Waals surface area contributed by atoms with E-state index in [-0.39, 0.29) is 0 Å². The molecule has 1 heterocycles. The zero-order chi connectivity index (χ0) is 13.4. The van der Waals surface area contributed by atoms with Gasteiger partial charge in [-0.3, -0.25) is 5.10 Å². The Kier molecular flexibility index (Phi) is 8.15. The van der Waals surface area contributed by atoms with E-state index in [1.165, 1.54) is 0 Å². The molecular formula is C9H15F3N2O2. The van der Waals surface area contributed by atoms with Gasteiger partial charge in [0.2, 0.25) is 0 Å². The number of halogens is 3. The second kappa shape index (κ2) is 7.72. The molecule has 4 nitrogen and oxygen atoms in total. The topological polar surface area (TPSA) is 66.0 Å². The lowest BCUT2D eigenvalue weighted by atomic mass is 10.3. The summed E-state index contributed by atoms with van der Waals surface area (Å²) in [4.78, 5) is 10.1. The maximum Gasteiger partial charge on any atom is 0.432 e. The summed E-state index contributed by atoms with van der Waals surface area (Å²) in [7, 11) is 0. The third-order valence-electron chi connectivity index (χ3n) is 1.10. The third kappa shape index (κ3) is 5.38. The fourth-order valence-corrected chi connectivity index (χ4v) is 0.576. The molecule has 0 radical (unpaired) electrons. The number of H-pyrrole nitrogens is 1. The van der Waals surface area contributed by atoms with Crippen LogP contribution in [0.4, 0.5) is 13.2 Å². The summed E-state index contributed by atoms with van der Waals surface area (Å²) < 4.78 is 35.4. The molecule has 0 spiro atoms. The Morgan fingerprint density at radius 2 is 1.75 bits per heavy atom. The molecule has 0 aliphatic heterocycles. The molecule has 0 unspecified atom stereocenters. The lowest BCUT2D eigenvalue weighted by Gasteiger charge is -1.99. The Bertz CT molecular complexity index is 308. The normalized spacial score (nSPS) is 9.44. The molecule has 0 bridgehead atoms. The Balaban J connectivity index is 0. The van der Waals surface area contributed by atoms with Gasteiger partial charge >= 0.3 is 12.1 Å². The second-order valence-corrected chi connectivity index (χ2v) is 1.97. The zero-order valence-electron chi connectivity index (χ0n) is 9.51. The van der Waals surface area contributed by atoms with Crippen molar-refractivity contribution < 1.29 is 23.1 Å². The third-order valence-corrected chi connectivity index (χ3v) is 1.10. The van der Waals surface area contributed by atoms with Crippen molar-refractivity contribution in [2.45, 2.75) is 33.9 Å². The molecule has 1 aromatic heterocycles. The van der Waals surface area contributed by atoms with E-state index in [9.17, 15) is 18.0 Å². The summed E-state index contributed by atoms with van der Waals surface area (Å²) in [6.45, 7) is 8.00. The molecular weight excluding hydrogens is 225 g/mol. The van der Waals surface area contributed by atoms with E-state index in [2.05, 4.69) is 5.10 Å². The average molecular weight is 240 g/mol. The lowest BCUT2D eigenvalue weighted by molar-refractivity contribution is -0.141. The number of aromatic carboxylic acids is 1. The Morgan fingerprint density at radius 3 is 1.94 bits per heavy atom. The van der Waals surface area contributed by atoms with Gasteiger partial charge in [0.25, 0.3) is 0 Å². The van der Waals surface area contributed by atoms with Gasteiger partial charge in [-0.1, -0.05) is 27.7 Å². The van der Waals surface area contributed by atoms with E-state index in [0.717, 1.165) is 0 Å². The molecule has 16 heavy (non-hydrogen) atoms. The van der Waals surface area contributed by atoms with Crippen LogP contribution in [0, 0.1) is 0 Å². The van der Waals surface area contributed by atoms with Crippen molar-refractivity contribution in [2.75, 3.05) is 0 Å². The number of aromatic nitrogens is 2. The average Bonchev–Trinajstić information content (AvgIpc) is 2.72. The Hall–Kier alpha value is -1.53. The van der Waals surface area contributed by atoms with Crippen molar-refractivity contribution in [3.8, 4) is 0 Å². The summed E-state index contributed by atoms with van der Waals surface area (Å²) in [5.74, 6) is -1.50. The van der Waals surface area contributed by atoms with Gasteiger partial charge in [-0.05, 0) is 0 Å². The predicted molar refractivity (Wildman–Crippen MR) is 53.2 cm³/mol. The standard InChI is InChI=1S/C5H3F3N2O2.2C2H6/c6-5(7,8)3-1-2(4(11)12)9-10-3;2*1-2/h1H,(H,9,10)(H,11,12);2*1-2H3. The molecule has 94 valence electrons. The minimum atomic E-state index is -4.58. The predicted octanol–water partition coefficient (Wildman–Crippen LogP) is 3.18. The van der Waals surface area contributed by atoms with Crippen molar-refractivity contribution in [3.05, 3.63) is 17.5 Å². The van der Waals surface area contributed by atoms with Gasteiger partial charge in [-0.25, -0.2) is 4.79 Å². The van der Waals surface area contributed by atoms with Crippen LogP contribution in [0.25, 0.3) is 0 Å². The quantitative estimate of drug-likeness (QED) is 0.792. The number of rotatable bonds is 1. The highest BCUT2D eigenvalue weighted by molar-refractivity contribution is 5.85. The molecule has 0 aliphatic carbocycles. The zero-order valence-corrected chi connectivity index (χ0v) is 9.51. The highest BCUT2D eigenvalue weighted by Crippen LogP contribution is 2.27. The SMILES string of the molecule is CC.CC.O=C(O)c1cc(C(F)(F)F)[nH]n1. The van der Waals surface area contributed by atoms with Gasteiger partial charge < -0.3 is 5.11 Å². The van der Waals surface area contributed by atoms with E-state index in [4.69, 9.17) is 5.11 Å². The van der Waals surface area contributed by atoms with Gasteiger partial charge in [0.1, 0.15) is 5.69 Å². The number of carboxylic acids is 1. The smallest absolute Gasteiger partial charge is 0.432 e. The Morgan fingerprint density at radius 1 is 1.31 bits per heavy atom. The summed E-state index contributed by atoms with van der Waals surface area (Å²) in [6, 6.07) is 0.433. The van der Waals surface area contributed by atoms with Crippen LogP contribution in [-0.2, 0) is 6.18 Å². The molecule has 2 N–H and O–H groups in total. The maximum absolute atomic E-state index is 11.8. The van der Waals surface area contributed by atoms with Crippen molar-refractivity contribution >= 4 is 5.97 Å². The minimum Gasteiger partial charge on any atom is -0.476 e. The van der Waals surface area contributed by atoms with Gasteiger partial charge in [0.05, 0.1) is 0 Å². The number of carbonyl (C=O) groups is 1. The molecule has 0 atom stereocenters. The fourth-order valence-electron chi connectivity index (χ4n) is 0.576. The number of hydrogen-bond acceptors (Lipinski definition) is 2. The molecule has 0 aliphatic rings. The number of nitrogens with one attached hydrogen (secondary N) is 1. The number of hydrogen-bond donors (Lipinski definition) is 2. The van der Waals surface area contributed by atoms with Crippen LogP contribution < -0.4 is 0 Å². The lowest BCUT2D eigenvalue weighted by Crippen LogP contribution is -2.04. The van der Waals surface area contributed by atoms with Crippen LogP contribution in [0.5, 0.6) is 0 Å². The summed E-state index contributed by atoms with van der Waals surface area (Å²) in [5.41, 5.74) is -1.82. The first-order valence-corrected chi connectivity index (χ1v) is 4.77. The molecule has 0 saturated carbocycles. The van der Waals surface area contributed by atoms with Gasteiger partial charge in [0.15, 0.2) is 5.69 Å². The number of alkyl halides is 3. The Labute approximate surface area is 91.5 Å². The second-order valence-electron chi connectivity index (χ2n) is 1.97. The first kappa shape index (κ1) is 16.9. The van der Waals surface area contributed by atoms with E-state index < -0.39 is 23.5 Å². The minimum absolute atomic E-state index is 0.433. The number of carboxylic acid groups (broad SMARTS) is 1. The van der Waals surface area contributed by atoms with E-state index in [1.54, 1.807) is 5.10 Å². The molecule has 0 fully saturated rings. The molecule has 0 amide bonds. The number of nitrogens with zero attached hydrogens (tertiary/aromatic N) is 1. The first-order valence-electron chi connectivity index (χ1n) is 4.77. The van der Waals surface area contributed by atoms with Crippen molar-refractivity contribution in [1.29, 1.82) is 0 Å². The molecule has 1 aromatic rings. The van der Waals surface area contributed by atoms with Crippen molar-refractivity contribution in [2.24, 2.45) is 0 Å². The van der Waals surface area contributed by atoms with Gasteiger partial charge in [-0.15, -0.1) is 0 Å². The van der Waals surface area contributed by atoms with Crippen LogP contribution in [0.15, 0.2) is 6.07 Å². The largest absolute Gasteiger partial charge is 0.476 e. The van der Waals surface area contributed by atoms with Gasteiger partial charge in [0, 0.05) is 6.07 Å². The van der Waals surface area contributed by atoms with E-state index in [1.807, 2.05) is 27.7 Å². The summed E-state index contributed by atoms with van der Waals surface area (Å²) in [5, 5.41) is 12.7. The number of aromatic amines is 1. The molecule has 7 heteroatoms. The van der Waals surface area contributed by atoms with E-state index in [0.29, 0.717) is 6.07 Å². The monoisotopic (exact) mass is 240 g/mol.